The lowest BCUT2D eigenvalue weighted by Gasteiger charge is -2.16. The Bertz CT molecular complexity index is 875. The van der Waals surface area contributed by atoms with E-state index >= 15 is 0 Å². The van der Waals surface area contributed by atoms with Gasteiger partial charge in [-0.15, -0.1) is 0 Å². The van der Waals surface area contributed by atoms with Crippen LogP contribution in [0.4, 0.5) is 0 Å². The Balaban J connectivity index is 1.51. The second-order valence-corrected chi connectivity index (χ2v) is 6.61. The van der Waals surface area contributed by atoms with E-state index in [4.69, 9.17) is 10.3 Å². The lowest BCUT2D eigenvalue weighted by molar-refractivity contribution is -0.129. The van der Waals surface area contributed by atoms with Crippen LogP contribution in [0.5, 0.6) is 0 Å². The third-order valence-corrected chi connectivity index (χ3v) is 5.10. The number of aromatic nitrogens is 1. The van der Waals surface area contributed by atoms with Crippen LogP contribution in [0.15, 0.2) is 59.1 Å². The molecule has 1 amide bonds. The molecule has 2 heterocycles. The first-order valence-corrected chi connectivity index (χ1v) is 8.62. The number of nitrogens with zero attached hydrogens (tertiary/aromatic N) is 2. The van der Waals surface area contributed by atoms with Gasteiger partial charge in [0.05, 0.1) is 6.42 Å². The van der Waals surface area contributed by atoms with Crippen LogP contribution in [0, 0.1) is 5.92 Å². The summed E-state index contributed by atoms with van der Waals surface area (Å²) in [4.78, 5) is 14.7. The second kappa shape index (κ2) is 6.69. The standard InChI is InChI=1S/C20H21N3O2/c21-11-15-12-23(13-17(15)14-6-2-1-3-7-14)20(24)10-18-16-8-4-5-9-19(16)25-22-18/h1-9,15,17H,10-13,21H2/t15-,17+/m1/s1. The highest BCUT2D eigenvalue weighted by atomic mass is 16.5. The SMILES string of the molecule is NC[C@@H]1CN(C(=O)Cc2noc3ccccc23)C[C@H]1c1ccccc1. The third kappa shape index (κ3) is 3.03. The predicted molar refractivity (Wildman–Crippen MR) is 96.0 cm³/mol. The molecule has 1 aliphatic heterocycles. The van der Waals surface area contributed by atoms with Gasteiger partial charge in [-0.25, -0.2) is 0 Å². The van der Waals surface area contributed by atoms with Crippen molar-refractivity contribution in [2.45, 2.75) is 12.3 Å². The van der Waals surface area contributed by atoms with Crippen molar-refractivity contribution in [1.82, 2.24) is 10.1 Å². The van der Waals surface area contributed by atoms with Crippen molar-refractivity contribution in [3.05, 3.63) is 65.9 Å². The van der Waals surface area contributed by atoms with Gasteiger partial charge < -0.3 is 15.2 Å². The molecular weight excluding hydrogens is 314 g/mol. The van der Waals surface area contributed by atoms with E-state index in [1.807, 2.05) is 47.4 Å². The highest BCUT2D eigenvalue weighted by Gasteiger charge is 2.35. The molecule has 4 rings (SSSR count). The molecule has 25 heavy (non-hydrogen) atoms. The van der Waals surface area contributed by atoms with Crippen LogP contribution in [-0.2, 0) is 11.2 Å². The summed E-state index contributed by atoms with van der Waals surface area (Å²) in [6.45, 7) is 1.99. The molecule has 1 aromatic heterocycles. The average Bonchev–Trinajstić information content (AvgIpc) is 3.27. The molecule has 2 aromatic carbocycles. The number of hydrogen-bond donors (Lipinski definition) is 1. The van der Waals surface area contributed by atoms with Gasteiger partial charge in [0, 0.05) is 24.4 Å². The Kier molecular flexibility index (Phi) is 4.24. The number of fused-ring (bicyclic) bond motifs is 1. The van der Waals surface area contributed by atoms with E-state index in [9.17, 15) is 4.79 Å². The topological polar surface area (TPSA) is 72.4 Å². The largest absolute Gasteiger partial charge is 0.356 e. The van der Waals surface area contributed by atoms with Gasteiger partial charge in [-0.3, -0.25) is 4.79 Å². The first-order chi connectivity index (χ1) is 12.3. The third-order valence-electron chi connectivity index (χ3n) is 5.10. The predicted octanol–water partition coefficient (Wildman–Crippen LogP) is 2.57. The molecule has 3 aromatic rings. The zero-order valence-corrected chi connectivity index (χ0v) is 14.0. The van der Waals surface area contributed by atoms with Crippen molar-refractivity contribution in [3.63, 3.8) is 0 Å². The van der Waals surface area contributed by atoms with E-state index in [0.29, 0.717) is 42.7 Å². The van der Waals surface area contributed by atoms with Gasteiger partial charge in [0.1, 0.15) is 5.69 Å². The smallest absolute Gasteiger partial charge is 0.228 e. The van der Waals surface area contributed by atoms with Crippen molar-refractivity contribution in [1.29, 1.82) is 0 Å². The van der Waals surface area contributed by atoms with Crippen molar-refractivity contribution in [2.75, 3.05) is 19.6 Å². The van der Waals surface area contributed by atoms with Gasteiger partial charge in [0.25, 0.3) is 0 Å². The maximum Gasteiger partial charge on any atom is 0.228 e. The molecule has 0 unspecified atom stereocenters. The molecular formula is C20H21N3O2. The molecule has 2 N–H and O–H groups in total. The fourth-order valence-electron chi connectivity index (χ4n) is 3.71. The minimum absolute atomic E-state index is 0.0796. The van der Waals surface area contributed by atoms with Gasteiger partial charge in [-0.2, -0.15) is 0 Å². The minimum atomic E-state index is 0.0796. The van der Waals surface area contributed by atoms with E-state index in [0.717, 1.165) is 5.39 Å². The van der Waals surface area contributed by atoms with Crippen molar-refractivity contribution in [3.8, 4) is 0 Å². The maximum absolute atomic E-state index is 12.8. The molecule has 1 saturated heterocycles. The fraction of sp³-hybridized carbons (Fsp3) is 0.300. The maximum atomic E-state index is 12.8. The summed E-state index contributed by atoms with van der Waals surface area (Å²) in [5.41, 5.74) is 8.64. The Morgan fingerprint density at radius 1 is 1.12 bits per heavy atom. The van der Waals surface area contributed by atoms with Crippen molar-refractivity contribution >= 4 is 16.9 Å². The van der Waals surface area contributed by atoms with E-state index in [-0.39, 0.29) is 12.3 Å². The van der Waals surface area contributed by atoms with Crippen LogP contribution in [0.1, 0.15) is 17.2 Å². The zero-order valence-electron chi connectivity index (χ0n) is 14.0. The van der Waals surface area contributed by atoms with Crippen LogP contribution in [0.25, 0.3) is 11.0 Å². The molecule has 0 bridgehead atoms. The molecule has 0 spiro atoms. The highest BCUT2D eigenvalue weighted by Crippen LogP contribution is 2.32. The van der Waals surface area contributed by atoms with Gasteiger partial charge in [0.15, 0.2) is 5.58 Å². The Hall–Kier alpha value is -2.66. The molecule has 1 fully saturated rings. The molecule has 2 atom stereocenters. The quantitative estimate of drug-likeness (QED) is 0.795. The summed E-state index contributed by atoms with van der Waals surface area (Å²) in [6, 6.07) is 17.9. The van der Waals surface area contributed by atoms with Crippen molar-refractivity contribution < 1.29 is 9.32 Å². The summed E-state index contributed by atoms with van der Waals surface area (Å²) in [6.07, 6.45) is 0.260. The van der Waals surface area contributed by atoms with Crippen LogP contribution in [0.3, 0.4) is 0 Å². The van der Waals surface area contributed by atoms with E-state index in [1.165, 1.54) is 5.56 Å². The zero-order chi connectivity index (χ0) is 17.2. The average molecular weight is 335 g/mol. The lowest BCUT2D eigenvalue weighted by atomic mass is 9.89. The van der Waals surface area contributed by atoms with E-state index < -0.39 is 0 Å². The summed E-state index contributed by atoms with van der Waals surface area (Å²) in [5, 5.41) is 4.98. The van der Waals surface area contributed by atoms with Gasteiger partial charge in [0.2, 0.25) is 5.91 Å². The normalized spacial score (nSPS) is 20.3. The first kappa shape index (κ1) is 15.8. The highest BCUT2D eigenvalue weighted by molar-refractivity contribution is 5.86. The second-order valence-electron chi connectivity index (χ2n) is 6.61. The van der Waals surface area contributed by atoms with Crippen LogP contribution < -0.4 is 5.73 Å². The minimum Gasteiger partial charge on any atom is -0.356 e. The monoisotopic (exact) mass is 335 g/mol. The van der Waals surface area contributed by atoms with Crippen LogP contribution in [0.2, 0.25) is 0 Å². The molecule has 5 nitrogen and oxygen atoms in total. The van der Waals surface area contributed by atoms with Gasteiger partial charge >= 0.3 is 0 Å². The van der Waals surface area contributed by atoms with Gasteiger partial charge in [-0.1, -0.05) is 47.6 Å². The Morgan fingerprint density at radius 2 is 1.88 bits per heavy atom. The number of amides is 1. The van der Waals surface area contributed by atoms with Gasteiger partial charge in [-0.05, 0) is 30.2 Å². The van der Waals surface area contributed by atoms with E-state index in [1.54, 1.807) is 0 Å². The summed E-state index contributed by atoms with van der Waals surface area (Å²) in [5.74, 6) is 0.667. The van der Waals surface area contributed by atoms with E-state index in [2.05, 4.69) is 17.3 Å². The number of benzene rings is 2. The Labute approximate surface area is 146 Å². The summed E-state index contributed by atoms with van der Waals surface area (Å²) >= 11 is 0. The molecule has 0 saturated carbocycles. The number of likely N-dealkylation sites (tertiary alicyclic amines) is 1. The summed E-state index contributed by atoms with van der Waals surface area (Å²) < 4.78 is 5.30. The summed E-state index contributed by atoms with van der Waals surface area (Å²) in [7, 11) is 0. The van der Waals surface area contributed by atoms with Crippen LogP contribution in [-0.4, -0.2) is 35.6 Å². The number of hydrogen-bond acceptors (Lipinski definition) is 4. The van der Waals surface area contributed by atoms with Crippen molar-refractivity contribution in [2.24, 2.45) is 11.7 Å². The lowest BCUT2D eigenvalue weighted by Crippen LogP contribution is -2.31. The molecule has 0 aliphatic carbocycles. The molecule has 5 heteroatoms. The number of nitrogens with two attached hydrogens (primary N) is 1. The number of para-hydroxylation sites is 1. The Morgan fingerprint density at radius 3 is 2.68 bits per heavy atom. The fourth-order valence-corrected chi connectivity index (χ4v) is 3.71. The van der Waals surface area contributed by atoms with Crippen LogP contribution >= 0.6 is 0 Å². The number of rotatable bonds is 4. The molecule has 0 radical (unpaired) electrons. The molecule has 128 valence electrons. The number of carbonyl (C=O) groups excluding carboxylic acids is 1. The number of carbonyl (C=O) groups is 1. The first-order valence-electron chi connectivity index (χ1n) is 8.62. The molecule has 1 aliphatic rings.